The van der Waals surface area contributed by atoms with Crippen molar-refractivity contribution >= 4 is 17.6 Å². The molecule has 1 aromatic heterocycles. The molecule has 8 heteroatoms. The Morgan fingerprint density at radius 2 is 1.96 bits per heavy atom. The third-order valence-electron chi connectivity index (χ3n) is 3.51. The van der Waals surface area contributed by atoms with Gasteiger partial charge in [0.05, 0.1) is 24.9 Å². The second-order valence-corrected chi connectivity index (χ2v) is 5.35. The first-order valence-corrected chi connectivity index (χ1v) is 7.56. The van der Waals surface area contributed by atoms with Crippen molar-refractivity contribution in [3.63, 3.8) is 0 Å². The number of hydrogen-bond donors (Lipinski definition) is 3. The van der Waals surface area contributed by atoms with E-state index in [1.807, 2.05) is 0 Å². The molecule has 1 atom stereocenters. The van der Waals surface area contributed by atoms with E-state index >= 15 is 0 Å². The second-order valence-electron chi connectivity index (χ2n) is 5.35. The number of carbonyl (C=O) groups excluding carboxylic acids is 2. The van der Waals surface area contributed by atoms with Crippen molar-refractivity contribution < 1.29 is 18.7 Å². The molecule has 0 aliphatic rings. The van der Waals surface area contributed by atoms with Gasteiger partial charge >= 0.3 is 6.03 Å². The Balaban J connectivity index is 1.87. The fourth-order valence-corrected chi connectivity index (χ4v) is 2.14. The number of nitrogens with zero attached hydrogens (tertiary/aromatic N) is 1. The summed E-state index contributed by atoms with van der Waals surface area (Å²) in [5.74, 6) is -1.08. The minimum atomic E-state index is -0.606. The lowest BCUT2D eigenvalue weighted by Crippen LogP contribution is -2.39. The van der Waals surface area contributed by atoms with Gasteiger partial charge in [0.2, 0.25) is 11.8 Å². The molecular weight excluding hydrogens is 327 g/mol. The number of pyridine rings is 1. The number of nitrogens with one attached hydrogen (secondary N) is 2. The van der Waals surface area contributed by atoms with Gasteiger partial charge in [-0.05, 0) is 30.2 Å². The Morgan fingerprint density at radius 1 is 1.24 bits per heavy atom. The average Bonchev–Trinajstić information content (AvgIpc) is 2.60. The summed E-state index contributed by atoms with van der Waals surface area (Å²) in [6.07, 6.45) is 1.75. The molecule has 0 bridgehead atoms. The molecule has 1 aromatic carbocycles. The summed E-state index contributed by atoms with van der Waals surface area (Å²) in [5.41, 5.74) is 6.61. The van der Waals surface area contributed by atoms with Crippen LogP contribution in [-0.4, -0.2) is 30.6 Å². The van der Waals surface area contributed by atoms with Crippen molar-refractivity contribution in [2.24, 2.45) is 11.7 Å². The van der Waals surface area contributed by atoms with Crippen LogP contribution in [0, 0.1) is 11.7 Å². The summed E-state index contributed by atoms with van der Waals surface area (Å²) in [6, 6.07) is 8.53. The lowest BCUT2D eigenvalue weighted by molar-refractivity contribution is -0.121. The van der Waals surface area contributed by atoms with Crippen LogP contribution in [0.4, 0.5) is 14.9 Å². The quantitative estimate of drug-likeness (QED) is 0.709. The number of benzene rings is 1. The van der Waals surface area contributed by atoms with Gasteiger partial charge in [-0.15, -0.1) is 0 Å². The first-order valence-electron chi connectivity index (χ1n) is 7.56. The number of rotatable bonds is 7. The summed E-state index contributed by atoms with van der Waals surface area (Å²) in [6.45, 7) is 0.0577. The van der Waals surface area contributed by atoms with Crippen molar-refractivity contribution in [1.29, 1.82) is 0 Å². The Labute approximate surface area is 144 Å². The minimum absolute atomic E-state index is 0.0577. The van der Waals surface area contributed by atoms with E-state index in [4.69, 9.17) is 10.5 Å². The van der Waals surface area contributed by atoms with E-state index in [1.165, 1.54) is 25.4 Å². The molecule has 3 amide bonds. The van der Waals surface area contributed by atoms with E-state index in [-0.39, 0.29) is 12.4 Å². The Kier molecular flexibility index (Phi) is 6.27. The number of carbonyl (C=O) groups is 2. The topological polar surface area (TPSA) is 106 Å². The van der Waals surface area contributed by atoms with Crippen LogP contribution in [0.2, 0.25) is 0 Å². The lowest BCUT2D eigenvalue weighted by atomic mass is 9.98. The highest BCUT2D eigenvalue weighted by molar-refractivity contribution is 5.89. The van der Waals surface area contributed by atoms with Crippen molar-refractivity contribution in [2.45, 2.75) is 6.42 Å². The summed E-state index contributed by atoms with van der Waals surface area (Å²) < 4.78 is 17.9. The number of urea groups is 1. The molecule has 0 saturated heterocycles. The van der Waals surface area contributed by atoms with Crippen molar-refractivity contribution in [3.8, 4) is 5.88 Å². The molecular formula is C17H19FN4O3. The maximum atomic E-state index is 12.9. The van der Waals surface area contributed by atoms with Crippen LogP contribution in [0.25, 0.3) is 0 Å². The van der Waals surface area contributed by atoms with Gasteiger partial charge in [-0.25, -0.2) is 14.2 Å². The third-order valence-corrected chi connectivity index (χ3v) is 3.51. The zero-order valence-corrected chi connectivity index (χ0v) is 13.7. The van der Waals surface area contributed by atoms with Gasteiger partial charge in [-0.1, -0.05) is 12.1 Å². The van der Waals surface area contributed by atoms with E-state index in [9.17, 15) is 14.0 Å². The molecule has 0 radical (unpaired) electrons. The molecule has 0 aliphatic heterocycles. The number of hydrogen-bond acceptors (Lipinski definition) is 4. The maximum Gasteiger partial charge on any atom is 0.319 e. The number of primary amides is 1. The standard InChI is InChI=1S/C17H19FN4O3/c1-25-15-7-6-14(10-20-15)22-17(24)21-9-12(16(19)23)8-11-2-4-13(18)5-3-11/h2-7,10,12H,8-9H2,1H3,(H2,19,23)(H2,21,22,24). The first kappa shape index (κ1) is 18.2. The van der Waals surface area contributed by atoms with Gasteiger partial charge in [-0.3, -0.25) is 4.79 Å². The van der Waals surface area contributed by atoms with Crippen LogP contribution in [0.15, 0.2) is 42.6 Å². The van der Waals surface area contributed by atoms with Gasteiger partial charge in [-0.2, -0.15) is 0 Å². The fourth-order valence-electron chi connectivity index (χ4n) is 2.14. The molecule has 1 heterocycles. The third kappa shape index (κ3) is 5.76. The lowest BCUT2D eigenvalue weighted by Gasteiger charge is -2.15. The van der Waals surface area contributed by atoms with Crippen molar-refractivity contribution in [1.82, 2.24) is 10.3 Å². The smallest absolute Gasteiger partial charge is 0.319 e. The number of nitrogens with two attached hydrogens (primary N) is 1. The van der Waals surface area contributed by atoms with Gasteiger partial charge in [0, 0.05) is 12.6 Å². The van der Waals surface area contributed by atoms with Crippen LogP contribution in [0.1, 0.15) is 5.56 Å². The highest BCUT2D eigenvalue weighted by atomic mass is 19.1. The average molecular weight is 346 g/mol. The van der Waals surface area contributed by atoms with Gasteiger partial charge < -0.3 is 21.1 Å². The van der Waals surface area contributed by atoms with E-state index < -0.39 is 17.9 Å². The molecule has 0 saturated carbocycles. The van der Waals surface area contributed by atoms with Gasteiger partial charge in [0.15, 0.2) is 0 Å². The monoisotopic (exact) mass is 346 g/mol. The number of anilines is 1. The van der Waals surface area contributed by atoms with Crippen molar-refractivity contribution in [2.75, 3.05) is 19.0 Å². The summed E-state index contributed by atoms with van der Waals surface area (Å²) >= 11 is 0. The summed E-state index contributed by atoms with van der Waals surface area (Å²) in [5, 5.41) is 5.18. The molecule has 132 valence electrons. The molecule has 0 spiro atoms. The SMILES string of the molecule is COc1ccc(NC(=O)NCC(Cc2ccc(F)cc2)C(N)=O)cn1. The summed E-state index contributed by atoms with van der Waals surface area (Å²) in [4.78, 5) is 27.4. The largest absolute Gasteiger partial charge is 0.481 e. The second kappa shape index (κ2) is 8.62. The number of amides is 3. The van der Waals surface area contributed by atoms with Crippen LogP contribution in [-0.2, 0) is 11.2 Å². The predicted octanol–water partition coefficient (Wildman–Crippen LogP) is 1.69. The number of ether oxygens (including phenoxy) is 1. The Hall–Kier alpha value is -3.16. The number of methoxy groups -OCH3 is 1. The highest BCUT2D eigenvalue weighted by Crippen LogP contribution is 2.12. The van der Waals surface area contributed by atoms with Crippen molar-refractivity contribution in [3.05, 3.63) is 54.0 Å². The molecule has 1 unspecified atom stereocenters. The van der Waals surface area contributed by atoms with Crippen LogP contribution in [0.3, 0.4) is 0 Å². The van der Waals surface area contributed by atoms with Gasteiger partial charge in [0.25, 0.3) is 0 Å². The predicted molar refractivity (Wildman–Crippen MR) is 90.6 cm³/mol. The molecule has 25 heavy (non-hydrogen) atoms. The molecule has 7 nitrogen and oxygen atoms in total. The zero-order valence-electron chi connectivity index (χ0n) is 13.7. The molecule has 2 aromatic rings. The molecule has 4 N–H and O–H groups in total. The van der Waals surface area contributed by atoms with Crippen LogP contribution >= 0.6 is 0 Å². The fraction of sp³-hybridized carbons (Fsp3) is 0.235. The maximum absolute atomic E-state index is 12.9. The molecule has 0 fully saturated rings. The zero-order chi connectivity index (χ0) is 18.2. The van der Waals surface area contributed by atoms with Crippen LogP contribution in [0.5, 0.6) is 5.88 Å². The summed E-state index contributed by atoms with van der Waals surface area (Å²) in [7, 11) is 1.49. The van der Waals surface area contributed by atoms with E-state index in [1.54, 1.807) is 24.3 Å². The number of aromatic nitrogens is 1. The normalized spacial score (nSPS) is 11.4. The van der Waals surface area contributed by atoms with E-state index in [0.717, 1.165) is 5.56 Å². The Bertz CT molecular complexity index is 720. The first-order chi connectivity index (χ1) is 12.0. The molecule has 0 aliphatic carbocycles. The Morgan fingerprint density at radius 3 is 2.52 bits per heavy atom. The van der Waals surface area contributed by atoms with E-state index in [2.05, 4.69) is 15.6 Å². The van der Waals surface area contributed by atoms with E-state index in [0.29, 0.717) is 18.0 Å². The number of halogens is 1. The van der Waals surface area contributed by atoms with Crippen LogP contribution < -0.4 is 21.1 Å². The highest BCUT2D eigenvalue weighted by Gasteiger charge is 2.17. The van der Waals surface area contributed by atoms with Gasteiger partial charge in [0.1, 0.15) is 5.82 Å². The molecule has 2 rings (SSSR count). The minimum Gasteiger partial charge on any atom is -0.481 e.